The number of fused-ring (bicyclic) bond motifs is 4. The van der Waals surface area contributed by atoms with Crippen LogP contribution in [0.25, 0.3) is 44.7 Å². The van der Waals surface area contributed by atoms with Crippen LogP contribution in [0.3, 0.4) is 0 Å². The van der Waals surface area contributed by atoms with Crippen molar-refractivity contribution < 1.29 is 140 Å². The Morgan fingerprint density at radius 2 is 0.629 bits per heavy atom. The second kappa shape index (κ2) is 27.2. The maximum absolute atomic E-state index is 13.8. The van der Waals surface area contributed by atoms with Crippen LogP contribution < -0.4 is 22.9 Å². The zero-order valence-electron chi connectivity index (χ0n) is 48.4. The van der Waals surface area contributed by atoms with E-state index in [4.69, 9.17) is 69.0 Å². The van der Waals surface area contributed by atoms with Gasteiger partial charge in [0.25, 0.3) is 0 Å². The zero-order chi connectivity index (χ0) is 69.4. The minimum atomic E-state index is -6.03. The summed E-state index contributed by atoms with van der Waals surface area (Å²) in [4.78, 5) is 132. The summed E-state index contributed by atoms with van der Waals surface area (Å²) in [7, 11) is -40.5. The minimum Gasteiger partial charge on any atom is -0.390 e. The summed E-state index contributed by atoms with van der Waals surface area (Å²) in [5.41, 5.74) is 24.3. The van der Waals surface area contributed by atoms with Crippen molar-refractivity contribution in [1.29, 1.82) is 0 Å². The molecule has 12 heterocycles. The number of nitrogens with two attached hydrogens (primary N) is 4. The van der Waals surface area contributed by atoms with E-state index in [9.17, 15) is 76.2 Å². The number of aliphatic hydroxyl groups is 1. The maximum atomic E-state index is 13.8. The van der Waals surface area contributed by atoms with Crippen molar-refractivity contribution in [2.75, 3.05) is 49.4 Å². The van der Waals surface area contributed by atoms with Gasteiger partial charge in [0.05, 0.1) is 57.8 Å². The molecule has 57 heteroatoms. The van der Waals surface area contributed by atoms with Crippen molar-refractivity contribution in [2.24, 2.45) is 0 Å². The number of aromatic nitrogens is 16. The Labute approximate surface area is 538 Å². The average molecular weight is 1510 g/mol. The third kappa shape index (κ3) is 16.3. The molecule has 4 fully saturated rings. The second-order valence-corrected chi connectivity index (χ2v) is 31.2. The Bertz CT molecular complexity index is 4630. The third-order valence-electron chi connectivity index (χ3n) is 14.6. The van der Waals surface area contributed by atoms with Gasteiger partial charge in [0.15, 0.2) is 45.9 Å². The fourth-order valence-electron chi connectivity index (χ4n) is 10.5. The summed E-state index contributed by atoms with van der Waals surface area (Å²) in [5.74, 6) is -0.229. The molecule has 8 aromatic heterocycles. The van der Waals surface area contributed by atoms with Crippen LogP contribution in [0.15, 0.2) is 50.6 Å². The summed E-state index contributed by atoms with van der Waals surface area (Å²) >= 11 is 0. The quantitative estimate of drug-likeness (QED) is 0.0290. The zero-order valence-corrected chi connectivity index (χ0v) is 54.7. The second-order valence-electron chi connectivity index (χ2n) is 21.0. The summed E-state index contributed by atoms with van der Waals surface area (Å²) in [5, 5.41) is 10.8. The number of rotatable bonds is 28. The summed E-state index contributed by atoms with van der Waals surface area (Å²) in [6, 6.07) is 0. The van der Waals surface area contributed by atoms with Crippen molar-refractivity contribution in [3.05, 3.63) is 50.6 Å². The number of aliphatic hydroxyl groups excluding tert-OH is 1. The van der Waals surface area contributed by atoms with Gasteiger partial charge in [-0.15, -0.1) is 0 Å². The number of imidazole rings is 4. The average Bonchev–Trinajstić information content (AvgIpc) is 1.65. The van der Waals surface area contributed by atoms with E-state index in [2.05, 4.69) is 77.3 Å². The number of nitrogen functional groups attached to an aromatic ring is 4. The lowest BCUT2D eigenvalue weighted by Crippen LogP contribution is -2.29. The van der Waals surface area contributed by atoms with Crippen LogP contribution in [0.2, 0.25) is 0 Å². The van der Waals surface area contributed by atoms with E-state index in [1.165, 1.54) is 30.9 Å². The van der Waals surface area contributed by atoms with Crippen molar-refractivity contribution in [2.45, 2.75) is 99.4 Å². The molecule has 97 heavy (non-hydrogen) atoms. The van der Waals surface area contributed by atoms with E-state index in [-0.39, 0.29) is 74.3 Å². The van der Waals surface area contributed by atoms with Crippen LogP contribution in [0.4, 0.5) is 23.3 Å². The van der Waals surface area contributed by atoms with Crippen molar-refractivity contribution >= 4 is 123 Å². The molecular formula is C40H53N20O30P7. The molecule has 0 bridgehead atoms. The highest BCUT2D eigenvalue weighted by molar-refractivity contribution is 7.62. The first-order chi connectivity index (χ1) is 45.6. The third-order valence-corrected chi connectivity index (χ3v) is 23.0. The van der Waals surface area contributed by atoms with Gasteiger partial charge in [-0.05, 0) is 0 Å². The molecule has 50 nitrogen and oxygen atoms in total. The van der Waals surface area contributed by atoms with Gasteiger partial charge in [-0.3, -0.25) is 49.9 Å². The number of phosphoric acid groups is 7. The molecule has 12 rings (SSSR count). The van der Waals surface area contributed by atoms with Crippen molar-refractivity contribution in [3.8, 4) is 0 Å². The SMILES string of the molecule is Nc1ncnc2c1ncn2C1CC(O)C(COP(=O)(O)OP(=O)(O)OC2CC(n3cnc4c(N)ncnc43)OC2COP(=O)(O)OP(=O)(O)OC2CC(n3cnc4c(N)ncnc43)OC2COP(=O)(O)OP(=O)(O)OC2CC(n3cnc4c(N)ncnc43)OC2COP(=O)(O)O)O1. The highest BCUT2D eigenvalue weighted by Crippen LogP contribution is 2.65. The van der Waals surface area contributed by atoms with E-state index in [1.807, 2.05) is 0 Å². The molecule has 528 valence electrons. The lowest BCUT2D eigenvalue weighted by molar-refractivity contribution is -0.0470. The molecular weight excluding hydrogens is 1460 g/mol. The van der Waals surface area contributed by atoms with Crippen LogP contribution in [0.1, 0.15) is 50.6 Å². The van der Waals surface area contributed by atoms with Crippen LogP contribution in [0, 0.1) is 0 Å². The number of hydrogen-bond donors (Lipinski definition) is 13. The largest absolute Gasteiger partial charge is 0.481 e. The molecule has 18 unspecified atom stereocenters. The molecule has 0 amide bonds. The number of ether oxygens (including phenoxy) is 4. The Morgan fingerprint density at radius 1 is 0.371 bits per heavy atom. The topological polar surface area (TPSA) is 709 Å². The molecule has 4 saturated heterocycles. The number of nitrogens with zero attached hydrogens (tertiary/aromatic N) is 16. The first-order valence-corrected chi connectivity index (χ1v) is 37.9. The van der Waals surface area contributed by atoms with Gasteiger partial charge in [-0.1, -0.05) is 0 Å². The Kier molecular flexibility index (Phi) is 19.9. The molecule has 17 N–H and O–H groups in total. The van der Waals surface area contributed by atoms with Gasteiger partial charge in [0.1, 0.15) is 115 Å². The van der Waals surface area contributed by atoms with E-state index >= 15 is 0 Å². The predicted octanol–water partition coefficient (Wildman–Crippen LogP) is 0.153. The minimum absolute atomic E-state index is 0.0104. The Morgan fingerprint density at radius 3 is 0.918 bits per heavy atom. The van der Waals surface area contributed by atoms with Crippen LogP contribution >= 0.6 is 54.8 Å². The summed E-state index contributed by atoms with van der Waals surface area (Å²) in [6.45, 7) is -4.47. The van der Waals surface area contributed by atoms with E-state index in [0.29, 0.717) is 0 Å². The number of phosphoric ester groups is 7. The Balaban J connectivity index is 0.710. The lowest BCUT2D eigenvalue weighted by atomic mass is 10.2. The molecule has 0 radical (unpaired) electrons. The molecule has 0 aromatic carbocycles. The van der Waals surface area contributed by atoms with Gasteiger partial charge in [-0.2, -0.15) is 12.9 Å². The number of anilines is 4. The molecule has 4 aliphatic rings. The van der Waals surface area contributed by atoms with Gasteiger partial charge in [0.2, 0.25) is 0 Å². The van der Waals surface area contributed by atoms with E-state index in [1.54, 1.807) is 0 Å². The first kappa shape index (κ1) is 70.9. The monoisotopic (exact) mass is 1510 g/mol. The first-order valence-electron chi connectivity index (χ1n) is 27.4. The van der Waals surface area contributed by atoms with Crippen LogP contribution in [-0.2, 0) is 95.5 Å². The lowest BCUT2D eigenvalue weighted by Gasteiger charge is -2.25. The van der Waals surface area contributed by atoms with Gasteiger partial charge < -0.3 is 86.1 Å². The normalized spacial score (nSPS) is 28.6. The Hall–Kier alpha value is -5.91. The molecule has 0 saturated carbocycles. The smallest absolute Gasteiger partial charge is 0.390 e. The van der Waals surface area contributed by atoms with Crippen LogP contribution in [-0.4, -0.2) is 198 Å². The molecule has 18 atom stereocenters. The maximum Gasteiger partial charge on any atom is 0.481 e. The van der Waals surface area contributed by atoms with E-state index < -0.39 is 174 Å². The molecule has 0 spiro atoms. The predicted molar refractivity (Wildman–Crippen MR) is 312 cm³/mol. The number of hydrogen-bond acceptors (Lipinski definition) is 38. The highest BCUT2D eigenvalue weighted by Gasteiger charge is 2.51. The summed E-state index contributed by atoms with van der Waals surface area (Å²) in [6.07, 6.45) is -11.3. The van der Waals surface area contributed by atoms with Crippen LogP contribution in [0.5, 0.6) is 0 Å². The standard InChI is InChI=1S/C40H53N20O30P7/c41-33-29-37(49-9-45-33)57(13-53-29)25-1-17(61)21(81-25)5-78-92(65,66)88-96(73,74)86-19-3-27(59-15-55-31-35(43)47-11-51-39(31)59)83-23(19)7-80-94(69,70)90-97(75,76)87-20-4-28(60-16-56-32-36(44)48-12-52-40(32)60)84-24(20)8-79-93(67,68)89-95(71,72)85-18-2-26(82-22(18)6-77-91(62,63)64)58-14-54-30-34(42)46-10-50-38(30)58/h9-28,61H,1-8H2,(H,65,66)(H,67,68)(H,69,70)(H,71,72)(H,73,74)(H,75,76)(H2,41,45,49)(H2,42,46,50)(H2,43,47,51)(H2,44,48,52)(H2,62,63,64). The van der Waals surface area contributed by atoms with Gasteiger partial charge in [-0.25, -0.2) is 91.8 Å². The summed E-state index contributed by atoms with van der Waals surface area (Å²) < 4.78 is 171. The highest BCUT2D eigenvalue weighted by atomic mass is 31.3. The fourth-order valence-corrected chi connectivity index (χ4v) is 17.7. The van der Waals surface area contributed by atoms with E-state index in [0.717, 1.165) is 38.0 Å². The van der Waals surface area contributed by atoms with Gasteiger partial charge >= 0.3 is 54.8 Å². The molecule has 0 aliphatic carbocycles. The van der Waals surface area contributed by atoms with Gasteiger partial charge in [0, 0.05) is 25.7 Å². The molecule has 8 aromatic rings. The molecule has 4 aliphatic heterocycles. The fraction of sp³-hybridized carbons (Fsp3) is 0.500. The van der Waals surface area contributed by atoms with Crippen molar-refractivity contribution in [3.63, 3.8) is 0 Å². The van der Waals surface area contributed by atoms with Crippen molar-refractivity contribution in [1.82, 2.24) is 78.1 Å².